The Hall–Kier alpha value is -3.49. The number of aliphatic hydroxyl groups excluding tert-OH is 2. The Morgan fingerprint density at radius 2 is 2.03 bits per heavy atom. The van der Waals surface area contributed by atoms with E-state index in [0.29, 0.717) is 0 Å². The lowest BCUT2D eigenvalue weighted by Gasteiger charge is -2.31. The summed E-state index contributed by atoms with van der Waals surface area (Å²) in [5, 5.41) is 24.7. The van der Waals surface area contributed by atoms with Gasteiger partial charge in [0.05, 0.1) is 13.2 Å². The number of hydrogen-bond acceptors (Lipinski definition) is 11. The van der Waals surface area contributed by atoms with Gasteiger partial charge in [-0.2, -0.15) is 4.67 Å². The number of nitrogens with zero attached hydrogens (tertiary/aromatic N) is 5. The van der Waals surface area contributed by atoms with E-state index < -0.39 is 62.3 Å². The van der Waals surface area contributed by atoms with Gasteiger partial charge in [-0.3, -0.25) is 23.7 Å². The maximum absolute atomic E-state index is 13.8. The lowest BCUT2D eigenvalue weighted by molar-refractivity contribution is -0.143. The summed E-state index contributed by atoms with van der Waals surface area (Å²) in [6.45, 7) is 0.197. The van der Waals surface area contributed by atoms with Crippen LogP contribution >= 0.6 is 7.75 Å². The molecule has 2 aromatic rings. The Kier molecular flexibility index (Phi) is 8.89. The van der Waals surface area contributed by atoms with Crippen LogP contribution in [0, 0.1) is 0 Å². The molecule has 0 aliphatic carbocycles. The number of hydrogen-bond donors (Lipinski definition) is 3. The Balaban J connectivity index is 1.93. The van der Waals surface area contributed by atoms with Crippen LogP contribution in [0.2, 0.25) is 0 Å². The lowest BCUT2D eigenvalue weighted by atomic mass is 10.1. The molecule has 0 saturated carbocycles. The summed E-state index contributed by atoms with van der Waals surface area (Å²) in [4.78, 5) is 40.2. The van der Waals surface area contributed by atoms with Crippen molar-refractivity contribution < 1.29 is 38.1 Å². The van der Waals surface area contributed by atoms with Crippen LogP contribution < -0.4 is 15.8 Å². The predicted molar refractivity (Wildman–Crippen MR) is 125 cm³/mol. The van der Waals surface area contributed by atoms with E-state index in [1.807, 2.05) is 4.98 Å². The molecule has 1 saturated heterocycles. The van der Waals surface area contributed by atoms with Crippen LogP contribution in [0.1, 0.15) is 13.2 Å². The third-order valence-electron chi connectivity index (χ3n) is 5.22. The molecule has 37 heavy (non-hydrogen) atoms. The van der Waals surface area contributed by atoms with Crippen LogP contribution in [-0.4, -0.2) is 75.1 Å². The zero-order valence-corrected chi connectivity index (χ0v) is 20.6. The number of carbonyl (C=O) groups is 1. The minimum Gasteiger partial charge on any atom is -0.465 e. The van der Waals surface area contributed by atoms with Gasteiger partial charge in [-0.1, -0.05) is 23.3 Å². The van der Waals surface area contributed by atoms with Crippen LogP contribution in [0.3, 0.4) is 0 Å². The Labute approximate surface area is 209 Å². The first-order valence-corrected chi connectivity index (χ1v) is 12.3. The monoisotopic (exact) mass is 540 g/mol. The van der Waals surface area contributed by atoms with Gasteiger partial charge in [-0.15, -0.1) is 0 Å². The fourth-order valence-electron chi connectivity index (χ4n) is 3.39. The molecule has 1 unspecified atom stereocenters. The van der Waals surface area contributed by atoms with Gasteiger partial charge in [0.25, 0.3) is 5.56 Å². The molecular weight excluding hydrogens is 515 g/mol. The van der Waals surface area contributed by atoms with E-state index in [1.54, 1.807) is 25.1 Å². The van der Waals surface area contributed by atoms with Crippen molar-refractivity contribution in [3.63, 3.8) is 0 Å². The first-order chi connectivity index (χ1) is 17.5. The molecule has 1 aliphatic heterocycles. The number of rotatable bonds is 11. The molecule has 3 rings (SSSR count). The fourth-order valence-corrected chi connectivity index (χ4v) is 4.80. The predicted octanol–water partition coefficient (Wildman–Crippen LogP) is 0.492. The molecular formula is C20H25N6O10P. The van der Waals surface area contributed by atoms with Crippen molar-refractivity contribution in [1.82, 2.24) is 14.2 Å². The molecule has 2 heterocycles. The van der Waals surface area contributed by atoms with Crippen molar-refractivity contribution >= 4 is 13.7 Å². The summed E-state index contributed by atoms with van der Waals surface area (Å²) in [5.74, 6) is -0.634. The second-order valence-electron chi connectivity index (χ2n) is 7.76. The highest BCUT2D eigenvalue weighted by atomic mass is 31.2. The molecule has 200 valence electrons. The normalized spacial score (nSPS) is 24.7. The fraction of sp³-hybridized carbons (Fsp3) is 0.450. The number of ether oxygens (including phenoxy) is 2. The van der Waals surface area contributed by atoms with Gasteiger partial charge >= 0.3 is 19.4 Å². The molecule has 1 aromatic carbocycles. The summed E-state index contributed by atoms with van der Waals surface area (Å²) in [6, 6.07) is 8.79. The number of aromatic amines is 1. The van der Waals surface area contributed by atoms with Gasteiger partial charge in [0, 0.05) is 17.2 Å². The standard InChI is InChI=1S/C20H25N6O10P/c1-3-33-15(28)11-25(2)37(32,36-13-7-5-4-6-8-13)34-12-20(23-24-21)17(30)16(29)18(35-20)26-10-9-14(27)22-19(26)31/h4-10,16-18,29-30H,3,11-12H2,1-2H3,(H,22,27,31)/t16-,17+,18-,20-,37?/m1/s1. The Morgan fingerprint density at radius 1 is 1.32 bits per heavy atom. The smallest absolute Gasteiger partial charge is 0.461 e. The third kappa shape index (κ3) is 6.26. The number of benzene rings is 1. The van der Waals surface area contributed by atoms with E-state index >= 15 is 0 Å². The number of azide groups is 1. The second kappa shape index (κ2) is 11.7. The number of para-hydroxylation sites is 1. The highest BCUT2D eigenvalue weighted by Gasteiger charge is 2.56. The van der Waals surface area contributed by atoms with E-state index in [1.165, 1.54) is 19.2 Å². The number of H-pyrrole nitrogens is 1. The Morgan fingerprint density at radius 3 is 2.65 bits per heavy atom. The second-order valence-corrected chi connectivity index (χ2v) is 9.82. The Bertz CT molecular complexity index is 1310. The van der Waals surface area contributed by atoms with Crippen LogP contribution in [-0.2, 0) is 23.4 Å². The van der Waals surface area contributed by atoms with Crippen molar-refractivity contribution in [2.45, 2.75) is 31.1 Å². The maximum Gasteiger partial charge on any atom is 0.461 e. The highest BCUT2D eigenvalue weighted by molar-refractivity contribution is 7.51. The van der Waals surface area contributed by atoms with Crippen molar-refractivity contribution in [1.29, 1.82) is 0 Å². The number of esters is 1. The van der Waals surface area contributed by atoms with Crippen molar-refractivity contribution in [2.75, 3.05) is 26.8 Å². The van der Waals surface area contributed by atoms with Crippen molar-refractivity contribution in [3.05, 3.63) is 73.9 Å². The van der Waals surface area contributed by atoms with Gasteiger partial charge in [0.2, 0.25) is 5.72 Å². The van der Waals surface area contributed by atoms with Crippen molar-refractivity contribution in [2.24, 2.45) is 5.11 Å². The van der Waals surface area contributed by atoms with Gasteiger partial charge in [-0.25, -0.2) is 9.36 Å². The van der Waals surface area contributed by atoms with E-state index in [-0.39, 0.29) is 12.4 Å². The first-order valence-electron chi connectivity index (χ1n) is 10.8. The number of aliphatic hydroxyl groups is 2. The van der Waals surface area contributed by atoms with Gasteiger partial charge in [0.1, 0.15) is 24.5 Å². The molecule has 0 radical (unpaired) electrons. The number of nitrogens with one attached hydrogen (secondary N) is 1. The number of aromatic nitrogens is 2. The van der Waals surface area contributed by atoms with E-state index in [0.717, 1.165) is 21.5 Å². The van der Waals surface area contributed by atoms with Gasteiger partial charge in [-0.05, 0) is 31.6 Å². The molecule has 5 atom stereocenters. The average Bonchev–Trinajstić information content (AvgIpc) is 3.09. The minimum atomic E-state index is -4.42. The summed E-state index contributed by atoms with van der Waals surface area (Å²) >= 11 is 0. The summed E-state index contributed by atoms with van der Waals surface area (Å²) in [7, 11) is -3.17. The number of likely N-dealkylation sites (N-methyl/N-ethyl adjacent to an activating group) is 1. The van der Waals surface area contributed by atoms with Crippen LogP contribution in [0.5, 0.6) is 5.75 Å². The van der Waals surface area contributed by atoms with Crippen LogP contribution in [0.4, 0.5) is 0 Å². The van der Waals surface area contributed by atoms with Gasteiger partial charge < -0.3 is 24.2 Å². The van der Waals surface area contributed by atoms with E-state index in [2.05, 4.69) is 10.0 Å². The summed E-state index contributed by atoms with van der Waals surface area (Å²) < 4.78 is 37.0. The molecule has 1 aromatic heterocycles. The number of carbonyl (C=O) groups excluding carboxylic acids is 1. The quantitative estimate of drug-likeness (QED) is 0.117. The third-order valence-corrected chi connectivity index (χ3v) is 7.10. The zero-order chi connectivity index (χ0) is 27.2. The molecule has 17 heteroatoms. The topological polar surface area (TPSA) is 218 Å². The van der Waals surface area contributed by atoms with E-state index in [9.17, 15) is 29.2 Å². The molecule has 3 N–H and O–H groups in total. The lowest BCUT2D eigenvalue weighted by Crippen LogP contribution is -2.45. The summed E-state index contributed by atoms with van der Waals surface area (Å²) in [6.07, 6.45) is -4.44. The minimum absolute atomic E-state index is 0.0702. The molecule has 0 amide bonds. The van der Waals surface area contributed by atoms with Crippen LogP contribution in [0.15, 0.2) is 57.3 Å². The average molecular weight is 540 g/mol. The largest absolute Gasteiger partial charge is 0.465 e. The molecule has 0 spiro atoms. The first kappa shape index (κ1) is 28.1. The highest BCUT2D eigenvalue weighted by Crippen LogP contribution is 2.52. The van der Waals surface area contributed by atoms with Gasteiger partial charge in [0.15, 0.2) is 6.23 Å². The molecule has 1 aliphatic rings. The SMILES string of the molecule is CCOC(=O)CN(C)P(=O)(OC[C@@]1(N=[N+]=[N-])O[C@@H](n2ccc(=O)[nH]c2=O)[C@H](O)[C@@H]1O)Oc1ccccc1. The maximum atomic E-state index is 13.8. The molecule has 0 bridgehead atoms. The molecule has 16 nitrogen and oxygen atoms in total. The van der Waals surface area contributed by atoms with Crippen LogP contribution in [0.25, 0.3) is 10.4 Å². The zero-order valence-electron chi connectivity index (χ0n) is 19.7. The van der Waals surface area contributed by atoms with Crippen molar-refractivity contribution in [3.8, 4) is 5.75 Å². The summed E-state index contributed by atoms with van der Waals surface area (Å²) in [5.41, 5.74) is 5.05. The molecule has 1 fully saturated rings. The van der Waals surface area contributed by atoms with E-state index in [4.69, 9.17) is 24.1 Å².